The average molecular weight is 308 g/mol. The molecule has 0 fully saturated rings. The smallest absolute Gasteiger partial charge is 0.339 e. The van der Waals surface area contributed by atoms with E-state index in [2.05, 4.69) is 19.9 Å². The van der Waals surface area contributed by atoms with Crippen molar-refractivity contribution in [2.45, 2.75) is 33.1 Å². The highest BCUT2D eigenvalue weighted by molar-refractivity contribution is 5.84. The van der Waals surface area contributed by atoms with E-state index in [0.717, 1.165) is 22.1 Å². The molecule has 1 heterocycles. The number of aryl methyl sites for hydroxylation is 1. The van der Waals surface area contributed by atoms with Crippen molar-refractivity contribution in [1.82, 2.24) is 0 Å². The van der Waals surface area contributed by atoms with Gasteiger partial charge in [-0.15, -0.1) is 0 Å². The molecule has 3 nitrogen and oxygen atoms in total. The predicted molar refractivity (Wildman–Crippen MR) is 92.2 cm³/mol. The molecule has 23 heavy (non-hydrogen) atoms. The number of aromatic hydroxyl groups is 1. The third-order valence-electron chi connectivity index (χ3n) is 4.21. The van der Waals surface area contributed by atoms with Crippen molar-refractivity contribution in [2.75, 3.05) is 0 Å². The van der Waals surface area contributed by atoms with Crippen molar-refractivity contribution in [3.8, 4) is 5.75 Å². The van der Waals surface area contributed by atoms with Crippen molar-refractivity contribution in [3.63, 3.8) is 0 Å². The van der Waals surface area contributed by atoms with Gasteiger partial charge in [-0.1, -0.05) is 44.2 Å². The van der Waals surface area contributed by atoms with Gasteiger partial charge in [-0.2, -0.15) is 0 Å². The van der Waals surface area contributed by atoms with Gasteiger partial charge in [0.1, 0.15) is 11.3 Å². The molecule has 0 aliphatic carbocycles. The van der Waals surface area contributed by atoms with Crippen molar-refractivity contribution in [1.29, 1.82) is 0 Å². The van der Waals surface area contributed by atoms with E-state index < -0.39 is 0 Å². The number of para-hydroxylation sites is 1. The molecular weight excluding hydrogens is 288 g/mol. The SMILES string of the molecule is Cc1ccc(C(C)C)c2oc(=O)c(Cc3ccccc3O)cc12. The molecule has 0 aliphatic rings. The molecule has 0 atom stereocenters. The summed E-state index contributed by atoms with van der Waals surface area (Å²) in [5.41, 5.74) is 3.72. The van der Waals surface area contributed by atoms with E-state index in [1.807, 2.05) is 31.2 Å². The minimum Gasteiger partial charge on any atom is -0.508 e. The molecule has 0 saturated carbocycles. The summed E-state index contributed by atoms with van der Waals surface area (Å²) in [6, 6.07) is 13.0. The standard InChI is InChI=1S/C20H20O3/c1-12(2)16-9-8-13(3)17-11-15(20(22)23-19(16)17)10-14-6-4-5-7-18(14)21/h4-9,11-12,21H,10H2,1-3H3. The molecule has 1 N–H and O–H groups in total. The van der Waals surface area contributed by atoms with Gasteiger partial charge in [-0.25, -0.2) is 4.79 Å². The van der Waals surface area contributed by atoms with E-state index in [0.29, 0.717) is 17.6 Å². The Morgan fingerprint density at radius 1 is 1.09 bits per heavy atom. The van der Waals surface area contributed by atoms with Gasteiger partial charge in [0.15, 0.2) is 0 Å². The normalized spacial score (nSPS) is 11.3. The van der Waals surface area contributed by atoms with Gasteiger partial charge in [0.05, 0.1) is 0 Å². The average Bonchev–Trinajstić information content (AvgIpc) is 2.51. The van der Waals surface area contributed by atoms with Crippen LogP contribution in [-0.4, -0.2) is 5.11 Å². The molecule has 118 valence electrons. The van der Waals surface area contributed by atoms with Crippen molar-refractivity contribution < 1.29 is 9.52 Å². The van der Waals surface area contributed by atoms with Gasteiger partial charge in [0.25, 0.3) is 0 Å². The monoisotopic (exact) mass is 308 g/mol. The Labute approximate surface area is 135 Å². The van der Waals surface area contributed by atoms with Gasteiger partial charge >= 0.3 is 5.63 Å². The molecule has 1 aromatic heterocycles. The van der Waals surface area contributed by atoms with E-state index in [1.54, 1.807) is 12.1 Å². The first-order chi connectivity index (χ1) is 11.0. The summed E-state index contributed by atoms with van der Waals surface area (Å²) < 4.78 is 5.64. The Kier molecular flexibility index (Phi) is 3.95. The van der Waals surface area contributed by atoms with Crippen molar-refractivity contribution in [3.05, 3.63) is 75.1 Å². The zero-order valence-corrected chi connectivity index (χ0v) is 13.6. The van der Waals surface area contributed by atoms with E-state index in [9.17, 15) is 9.90 Å². The van der Waals surface area contributed by atoms with E-state index >= 15 is 0 Å². The third kappa shape index (κ3) is 2.87. The topological polar surface area (TPSA) is 50.4 Å². The first-order valence-corrected chi connectivity index (χ1v) is 7.80. The zero-order valence-electron chi connectivity index (χ0n) is 13.6. The Morgan fingerprint density at radius 2 is 1.83 bits per heavy atom. The summed E-state index contributed by atoms with van der Waals surface area (Å²) in [5, 5.41) is 10.9. The van der Waals surface area contributed by atoms with Gasteiger partial charge < -0.3 is 9.52 Å². The Balaban J connectivity index is 2.17. The highest BCUT2D eigenvalue weighted by atomic mass is 16.4. The summed E-state index contributed by atoms with van der Waals surface area (Å²) in [6.07, 6.45) is 0.357. The van der Waals surface area contributed by atoms with Crippen molar-refractivity contribution >= 4 is 11.0 Å². The maximum atomic E-state index is 12.4. The fourth-order valence-corrected chi connectivity index (χ4v) is 2.84. The lowest BCUT2D eigenvalue weighted by atomic mass is 9.96. The van der Waals surface area contributed by atoms with Crippen LogP contribution in [0.15, 0.2) is 51.7 Å². The molecule has 0 unspecified atom stereocenters. The van der Waals surface area contributed by atoms with Crippen LogP contribution in [0.2, 0.25) is 0 Å². The van der Waals surface area contributed by atoms with Crippen LogP contribution in [0.3, 0.4) is 0 Å². The fraction of sp³-hybridized carbons (Fsp3) is 0.250. The predicted octanol–water partition coefficient (Wildman–Crippen LogP) is 4.52. The molecule has 0 aliphatic heterocycles. The number of hydrogen-bond donors (Lipinski definition) is 1. The summed E-state index contributed by atoms with van der Waals surface area (Å²) in [7, 11) is 0. The maximum absolute atomic E-state index is 12.4. The number of hydrogen-bond acceptors (Lipinski definition) is 3. The summed E-state index contributed by atoms with van der Waals surface area (Å²) in [6.45, 7) is 6.18. The van der Waals surface area contributed by atoms with Crippen LogP contribution in [0.4, 0.5) is 0 Å². The largest absolute Gasteiger partial charge is 0.508 e. The number of fused-ring (bicyclic) bond motifs is 1. The van der Waals surface area contributed by atoms with Crippen LogP contribution in [0.1, 0.15) is 42.0 Å². The lowest BCUT2D eigenvalue weighted by Gasteiger charge is -2.12. The van der Waals surface area contributed by atoms with Gasteiger partial charge in [0.2, 0.25) is 0 Å². The molecule has 3 aromatic rings. The van der Waals surface area contributed by atoms with E-state index in [-0.39, 0.29) is 17.3 Å². The van der Waals surface area contributed by atoms with Crippen LogP contribution < -0.4 is 5.63 Å². The highest BCUT2D eigenvalue weighted by Crippen LogP contribution is 2.28. The highest BCUT2D eigenvalue weighted by Gasteiger charge is 2.14. The molecule has 3 rings (SSSR count). The first-order valence-electron chi connectivity index (χ1n) is 7.80. The summed E-state index contributed by atoms with van der Waals surface area (Å²) >= 11 is 0. The van der Waals surface area contributed by atoms with E-state index in [4.69, 9.17) is 4.42 Å². The Hall–Kier alpha value is -2.55. The van der Waals surface area contributed by atoms with Gasteiger partial charge in [-0.3, -0.25) is 0 Å². The second-order valence-electron chi connectivity index (χ2n) is 6.23. The van der Waals surface area contributed by atoms with Crippen LogP contribution in [0, 0.1) is 6.92 Å². The Bertz CT molecular complexity index is 920. The second kappa shape index (κ2) is 5.92. The van der Waals surface area contributed by atoms with Crippen LogP contribution in [-0.2, 0) is 6.42 Å². The van der Waals surface area contributed by atoms with Crippen molar-refractivity contribution in [2.24, 2.45) is 0 Å². The summed E-state index contributed by atoms with van der Waals surface area (Å²) in [4.78, 5) is 12.4. The summed E-state index contributed by atoms with van der Waals surface area (Å²) in [5.74, 6) is 0.477. The molecule has 0 saturated heterocycles. The maximum Gasteiger partial charge on any atom is 0.339 e. The van der Waals surface area contributed by atoms with Gasteiger partial charge in [0, 0.05) is 17.4 Å². The van der Waals surface area contributed by atoms with Crippen LogP contribution >= 0.6 is 0 Å². The quantitative estimate of drug-likeness (QED) is 0.724. The lowest BCUT2D eigenvalue weighted by Crippen LogP contribution is -2.09. The molecular formula is C20H20O3. The lowest BCUT2D eigenvalue weighted by molar-refractivity contribution is 0.469. The molecule has 0 amide bonds. The molecule has 2 aromatic carbocycles. The van der Waals surface area contributed by atoms with Gasteiger partial charge in [-0.05, 0) is 41.7 Å². The second-order valence-corrected chi connectivity index (χ2v) is 6.23. The number of phenols is 1. The Morgan fingerprint density at radius 3 is 2.52 bits per heavy atom. The number of rotatable bonds is 3. The third-order valence-corrected chi connectivity index (χ3v) is 4.21. The first kappa shape index (κ1) is 15.3. The molecule has 3 heteroatoms. The number of benzene rings is 2. The molecule has 0 bridgehead atoms. The number of phenolic OH excluding ortho intramolecular Hbond substituents is 1. The van der Waals surface area contributed by atoms with Crippen LogP contribution in [0.5, 0.6) is 5.75 Å². The molecule has 0 radical (unpaired) electrons. The molecule has 0 spiro atoms. The minimum absolute atomic E-state index is 0.194. The fourth-order valence-electron chi connectivity index (χ4n) is 2.84. The van der Waals surface area contributed by atoms with E-state index in [1.165, 1.54) is 0 Å². The zero-order chi connectivity index (χ0) is 16.6. The van der Waals surface area contributed by atoms with Crippen LogP contribution in [0.25, 0.3) is 11.0 Å². The minimum atomic E-state index is -0.340.